The van der Waals surface area contributed by atoms with E-state index in [2.05, 4.69) is 6.92 Å². The number of ether oxygens (including phenoxy) is 1. The highest BCUT2D eigenvalue weighted by Crippen LogP contribution is 2.40. The second-order valence-corrected chi connectivity index (χ2v) is 5.77. The summed E-state index contributed by atoms with van der Waals surface area (Å²) in [5, 5.41) is 10.4. The molecular formula is C11H13NO3S. The van der Waals surface area contributed by atoms with E-state index in [1.807, 2.05) is 11.8 Å². The van der Waals surface area contributed by atoms with Crippen LogP contribution in [0.25, 0.3) is 0 Å². The first-order valence-electron chi connectivity index (χ1n) is 5.10. The molecule has 1 fully saturated rings. The molecule has 0 amide bonds. The predicted molar refractivity (Wildman–Crippen MR) is 64.1 cm³/mol. The van der Waals surface area contributed by atoms with Crippen LogP contribution in [0.15, 0.2) is 24.3 Å². The summed E-state index contributed by atoms with van der Waals surface area (Å²) in [5.74, 6) is 1.89. The maximum atomic E-state index is 10.4. The highest BCUT2D eigenvalue weighted by atomic mass is 32.2. The molecule has 0 aromatic heterocycles. The van der Waals surface area contributed by atoms with E-state index < -0.39 is 4.92 Å². The molecule has 1 unspecified atom stereocenters. The van der Waals surface area contributed by atoms with Gasteiger partial charge in [-0.15, -0.1) is 0 Å². The van der Waals surface area contributed by atoms with Gasteiger partial charge in [0.05, 0.1) is 4.92 Å². The smallest absolute Gasteiger partial charge is 0.269 e. The van der Waals surface area contributed by atoms with E-state index in [-0.39, 0.29) is 10.4 Å². The van der Waals surface area contributed by atoms with Crippen LogP contribution in [0.1, 0.15) is 13.3 Å². The first-order valence-corrected chi connectivity index (χ1v) is 6.09. The fourth-order valence-corrected chi connectivity index (χ4v) is 2.51. The number of hydrogen-bond donors (Lipinski definition) is 0. The maximum absolute atomic E-state index is 10.4. The molecule has 0 spiro atoms. The fourth-order valence-electron chi connectivity index (χ4n) is 1.46. The van der Waals surface area contributed by atoms with Gasteiger partial charge in [-0.1, -0.05) is 0 Å². The Morgan fingerprint density at radius 3 is 2.56 bits per heavy atom. The summed E-state index contributed by atoms with van der Waals surface area (Å²) in [7, 11) is 0. The zero-order valence-electron chi connectivity index (χ0n) is 9.01. The van der Waals surface area contributed by atoms with Crippen molar-refractivity contribution in [2.24, 2.45) is 0 Å². The molecule has 4 nitrogen and oxygen atoms in total. The molecule has 1 saturated heterocycles. The maximum Gasteiger partial charge on any atom is 0.269 e. The molecule has 1 atom stereocenters. The van der Waals surface area contributed by atoms with Gasteiger partial charge in [0.1, 0.15) is 12.4 Å². The SMILES string of the molecule is CC1(COc2ccc([N+](=O)[O-])cc2)CCS1. The van der Waals surface area contributed by atoms with Crippen molar-refractivity contribution in [3.8, 4) is 5.75 Å². The number of non-ortho nitro benzene ring substituents is 1. The van der Waals surface area contributed by atoms with Gasteiger partial charge in [-0.2, -0.15) is 11.8 Å². The van der Waals surface area contributed by atoms with E-state index in [0.29, 0.717) is 12.4 Å². The summed E-state index contributed by atoms with van der Waals surface area (Å²) in [5.41, 5.74) is 0.0941. The largest absolute Gasteiger partial charge is 0.492 e. The Hall–Kier alpha value is -1.23. The minimum Gasteiger partial charge on any atom is -0.492 e. The van der Waals surface area contributed by atoms with Gasteiger partial charge in [0, 0.05) is 16.9 Å². The van der Waals surface area contributed by atoms with Gasteiger partial charge < -0.3 is 4.74 Å². The second-order valence-electron chi connectivity index (χ2n) is 4.09. The van der Waals surface area contributed by atoms with Crippen LogP contribution in [-0.4, -0.2) is 22.0 Å². The van der Waals surface area contributed by atoms with E-state index >= 15 is 0 Å². The van der Waals surface area contributed by atoms with Gasteiger partial charge >= 0.3 is 0 Å². The van der Waals surface area contributed by atoms with Crippen molar-refractivity contribution in [3.05, 3.63) is 34.4 Å². The third-order valence-corrected chi connectivity index (χ3v) is 4.10. The minimum absolute atomic E-state index is 0.0941. The summed E-state index contributed by atoms with van der Waals surface area (Å²) in [6, 6.07) is 6.22. The van der Waals surface area contributed by atoms with Crippen molar-refractivity contribution < 1.29 is 9.66 Å². The Morgan fingerprint density at radius 2 is 2.12 bits per heavy atom. The normalized spacial score (nSPS) is 23.6. The van der Waals surface area contributed by atoms with Crippen molar-refractivity contribution in [1.29, 1.82) is 0 Å². The van der Waals surface area contributed by atoms with Crippen LogP contribution in [0.5, 0.6) is 5.75 Å². The van der Waals surface area contributed by atoms with Crippen molar-refractivity contribution in [2.75, 3.05) is 12.4 Å². The molecule has 1 aromatic carbocycles. The molecule has 0 radical (unpaired) electrons. The number of nitro groups is 1. The molecule has 1 aliphatic heterocycles. The lowest BCUT2D eigenvalue weighted by atomic mass is 10.1. The highest BCUT2D eigenvalue weighted by molar-refractivity contribution is 8.02. The molecule has 1 heterocycles. The molecule has 1 aliphatic rings. The van der Waals surface area contributed by atoms with Gasteiger partial charge in [0.2, 0.25) is 0 Å². The summed E-state index contributed by atoms with van der Waals surface area (Å²) < 4.78 is 5.83. The van der Waals surface area contributed by atoms with Crippen molar-refractivity contribution >= 4 is 17.4 Å². The molecule has 0 saturated carbocycles. The van der Waals surface area contributed by atoms with Crippen molar-refractivity contribution in [1.82, 2.24) is 0 Å². The lowest BCUT2D eigenvalue weighted by Crippen LogP contribution is -2.37. The van der Waals surface area contributed by atoms with Crippen LogP contribution in [0.2, 0.25) is 0 Å². The average molecular weight is 239 g/mol. The van der Waals surface area contributed by atoms with Crippen LogP contribution < -0.4 is 4.74 Å². The van der Waals surface area contributed by atoms with E-state index in [1.165, 1.54) is 24.3 Å². The summed E-state index contributed by atoms with van der Waals surface area (Å²) >= 11 is 1.90. The zero-order valence-corrected chi connectivity index (χ0v) is 9.83. The Bertz CT molecular complexity index is 387. The molecule has 5 heteroatoms. The quantitative estimate of drug-likeness (QED) is 0.599. The lowest BCUT2D eigenvalue weighted by molar-refractivity contribution is -0.384. The molecule has 0 bridgehead atoms. The number of thioether (sulfide) groups is 1. The first kappa shape index (κ1) is 11.3. The van der Waals surface area contributed by atoms with Crippen LogP contribution in [-0.2, 0) is 0 Å². The second kappa shape index (κ2) is 4.33. The molecule has 0 aliphatic carbocycles. The summed E-state index contributed by atoms with van der Waals surface area (Å²) in [4.78, 5) is 10.0. The molecule has 86 valence electrons. The van der Waals surface area contributed by atoms with Crippen molar-refractivity contribution in [3.63, 3.8) is 0 Å². The minimum atomic E-state index is -0.410. The standard InChI is InChI=1S/C11H13NO3S/c1-11(6-7-16-11)8-15-10-4-2-9(3-5-10)12(13)14/h2-5H,6-8H2,1H3. The van der Waals surface area contributed by atoms with Gasteiger partial charge in [-0.25, -0.2) is 0 Å². The Balaban J connectivity index is 1.92. The molecule has 0 N–H and O–H groups in total. The Labute approximate surface area is 98.1 Å². The van der Waals surface area contributed by atoms with Gasteiger partial charge in [-0.05, 0) is 31.2 Å². The first-order chi connectivity index (χ1) is 7.59. The number of benzene rings is 1. The van der Waals surface area contributed by atoms with E-state index in [9.17, 15) is 10.1 Å². The Kier molecular flexibility index (Phi) is 3.05. The lowest BCUT2D eigenvalue weighted by Gasteiger charge is -2.37. The van der Waals surface area contributed by atoms with Crippen LogP contribution in [0, 0.1) is 10.1 Å². The number of nitro benzene ring substituents is 1. The third-order valence-electron chi connectivity index (χ3n) is 2.67. The van der Waals surface area contributed by atoms with Crippen LogP contribution >= 0.6 is 11.8 Å². The fraction of sp³-hybridized carbons (Fsp3) is 0.455. The average Bonchev–Trinajstić information content (AvgIpc) is 2.24. The van der Waals surface area contributed by atoms with Gasteiger partial charge in [0.15, 0.2) is 0 Å². The van der Waals surface area contributed by atoms with E-state index in [4.69, 9.17) is 4.74 Å². The van der Waals surface area contributed by atoms with Gasteiger partial charge in [0.25, 0.3) is 5.69 Å². The predicted octanol–water partition coefficient (Wildman–Crippen LogP) is 2.87. The van der Waals surface area contributed by atoms with Crippen LogP contribution in [0.3, 0.4) is 0 Å². The number of nitrogens with zero attached hydrogens (tertiary/aromatic N) is 1. The van der Waals surface area contributed by atoms with Crippen LogP contribution in [0.4, 0.5) is 5.69 Å². The summed E-state index contributed by atoms with van der Waals surface area (Å²) in [6.07, 6.45) is 1.17. The third kappa shape index (κ3) is 2.47. The van der Waals surface area contributed by atoms with E-state index in [0.717, 1.165) is 0 Å². The molecule has 16 heavy (non-hydrogen) atoms. The Morgan fingerprint density at radius 1 is 1.50 bits per heavy atom. The monoisotopic (exact) mass is 239 g/mol. The number of hydrogen-bond acceptors (Lipinski definition) is 4. The molecular weight excluding hydrogens is 226 g/mol. The summed E-state index contributed by atoms with van der Waals surface area (Å²) in [6.45, 7) is 2.84. The molecule has 1 aromatic rings. The van der Waals surface area contributed by atoms with E-state index in [1.54, 1.807) is 12.1 Å². The highest BCUT2D eigenvalue weighted by Gasteiger charge is 2.33. The zero-order chi connectivity index (χ0) is 11.6. The van der Waals surface area contributed by atoms with Crippen molar-refractivity contribution in [2.45, 2.75) is 18.1 Å². The topological polar surface area (TPSA) is 52.4 Å². The molecule has 2 rings (SSSR count). The number of rotatable bonds is 4. The van der Waals surface area contributed by atoms with Gasteiger partial charge in [-0.3, -0.25) is 10.1 Å².